The van der Waals surface area contributed by atoms with Gasteiger partial charge in [0, 0.05) is 0 Å². The third kappa shape index (κ3) is 9.92. The van der Waals surface area contributed by atoms with E-state index in [1.807, 2.05) is 0 Å². The van der Waals surface area contributed by atoms with Crippen molar-refractivity contribution in [2.75, 3.05) is 26.2 Å². The zero-order valence-corrected chi connectivity index (χ0v) is 8.82. The van der Waals surface area contributed by atoms with Crippen molar-refractivity contribution < 1.29 is 0 Å². The van der Waals surface area contributed by atoms with Gasteiger partial charge < -0.3 is 10.6 Å². The zero-order valence-electron chi connectivity index (χ0n) is 8.82. The molecule has 0 aromatic rings. The molecule has 0 fully saturated rings. The van der Waals surface area contributed by atoms with E-state index >= 15 is 0 Å². The molecule has 2 N–H and O–H groups in total. The standard InChI is InChI=1S/C10H24N2/c1-4-11-7-5-6-8-12-9-10(2)3/h10-12H,4-9H2,1-3H3. The fourth-order valence-corrected chi connectivity index (χ4v) is 1.07. The second-order valence-corrected chi connectivity index (χ2v) is 3.66. The third-order valence-electron chi connectivity index (χ3n) is 1.76. The van der Waals surface area contributed by atoms with Crippen LogP contribution < -0.4 is 10.6 Å². The monoisotopic (exact) mass is 172 g/mol. The van der Waals surface area contributed by atoms with Crippen molar-refractivity contribution in [1.82, 2.24) is 10.6 Å². The summed E-state index contributed by atoms with van der Waals surface area (Å²) in [4.78, 5) is 0. The molecule has 0 radical (unpaired) electrons. The number of nitrogens with one attached hydrogen (secondary N) is 2. The molecule has 0 bridgehead atoms. The van der Waals surface area contributed by atoms with E-state index in [0.29, 0.717) is 0 Å². The molecule has 0 spiro atoms. The predicted molar refractivity (Wildman–Crippen MR) is 55.5 cm³/mol. The Kier molecular flexibility index (Phi) is 8.95. The summed E-state index contributed by atoms with van der Waals surface area (Å²) < 4.78 is 0. The Balaban J connectivity index is 2.82. The van der Waals surface area contributed by atoms with Crippen LogP contribution in [-0.2, 0) is 0 Å². The normalized spacial score (nSPS) is 11.0. The van der Waals surface area contributed by atoms with Crippen LogP contribution in [0.3, 0.4) is 0 Å². The van der Waals surface area contributed by atoms with Crippen LogP contribution in [0.5, 0.6) is 0 Å². The van der Waals surface area contributed by atoms with Gasteiger partial charge in [0.1, 0.15) is 0 Å². The smallest absolute Gasteiger partial charge is 0.00258 e. The van der Waals surface area contributed by atoms with Crippen molar-refractivity contribution in [1.29, 1.82) is 0 Å². The van der Waals surface area contributed by atoms with Gasteiger partial charge in [0.2, 0.25) is 0 Å². The highest BCUT2D eigenvalue weighted by molar-refractivity contribution is 4.52. The quantitative estimate of drug-likeness (QED) is 0.544. The first-order chi connectivity index (χ1) is 5.77. The minimum atomic E-state index is 0.777. The van der Waals surface area contributed by atoms with Crippen LogP contribution in [0.4, 0.5) is 0 Å². The molecular formula is C10H24N2. The number of unbranched alkanes of at least 4 members (excludes halogenated alkanes) is 1. The first kappa shape index (κ1) is 11.9. The van der Waals surface area contributed by atoms with Crippen molar-refractivity contribution >= 4 is 0 Å². The molecule has 0 aliphatic rings. The van der Waals surface area contributed by atoms with Gasteiger partial charge in [0.15, 0.2) is 0 Å². The van der Waals surface area contributed by atoms with E-state index in [1.165, 1.54) is 25.9 Å². The van der Waals surface area contributed by atoms with Crippen LogP contribution in [0.15, 0.2) is 0 Å². The van der Waals surface area contributed by atoms with Gasteiger partial charge in [0.25, 0.3) is 0 Å². The Morgan fingerprint density at radius 2 is 1.58 bits per heavy atom. The largest absolute Gasteiger partial charge is 0.317 e. The molecule has 0 unspecified atom stereocenters. The molecule has 0 saturated carbocycles. The van der Waals surface area contributed by atoms with Crippen molar-refractivity contribution in [3.8, 4) is 0 Å². The molecule has 2 heteroatoms. The fraction of sp³-hybridized carbons (Fsp3) is 1.00. The Labute approximate surface area is 77.1 Å². The van der Waals surface area contributed by atoms with Gasteiger partial charge in [-0.2, -0.15) is 0 Å². The van der Waals surface area contributed by atoms with Gasteiger partial charge in [0.05, 0.1) is 0 Å². The summed E-state index contributed by atoms with van der Waals surface area (Å²) in [5, 5.41) is 6.75. The molecule has 0 aliphatic carbocycles. The Morgan fingerprint density at radius 3 is 2.08 bits per heavy atom. The molecule has 0 atom stereocenters. The van der Waals surface area contributed by atoms with Gasteiger partial charge in [-0.3, -0.25) is 0 Å². The van der Waals surface area contributed by atoms with Crippen molar-refractivity contribution in [2.24, 2.45) is 5.92 Å². The van der Waals surface area contributed by atoms with Gasteiger partial charge >= 0.3 is 0 Å². The summed E-state index contributed by atoms with van der Waals surface area (Å²) >= 11 is 0. The summed E-state index contributed by atoms with van der Waals surface area (Å²) in [5.74, 6) is 0.777. The van der Waals surface area contributed by atoms with E-state index in [9.17, 15) is 0 Å². The number of hydrogen-bond acceptors (Lipinski definition) is 2. The van der Waals surface area contributed by atoms with Gasteiger partial charge in [-0.25, -0.2) is 0 Å². The van der Waals surface area contributed by atoms with Crippen molar-refractivity contribution in [3.05, 3.63) is 0 Å². The topological polar surface area (TPSA) is 24.1 Å². The highest BCUT2D eigenvalue weighted by Crippen LogP contribution is 1.88. The molecule has 12 heavy (non-hydrogen) atoms. The molecule has 0 saturated heterocycles. The molecule has 0 aliphatic heterocycles. The highest BCUT2D eigenvalue weighted by atomic mass is 14.9. The molecule has 0 rings (SSSR count). The average molecular weight is 172 g/mol. The number of rotatable bonds is 8. The van der Waals surface area contributed by atoms with E-state index in [0.717, 1.165) is 19.0 Å². The van der Waals surface area contributed by atoms with Crippen molar-refractivity contribution in [2.45, 2.75) is 33.6 Å². The second kappa shape index (κ2) is 9.01. The van der Waals surface area contributed by atoms with Crippen LogP contribution in [0, 0.1) is 5.92 Å². The Bertz CT molecular complexity index is 81.9. The van der Waals surface area contributed by atoms with E-state index < -0.39 is 0 Å². The van der Waals surface area contributed by atoms with Gasteiger partial charge in [-0.15, -0.1) is 0 Å². The SMILES string of the molecule is CCNCCCCNCC(C)C. The summed E-state index contributed by atoms with van der Waals surface area (Å²) in [6.07, 6.45) is 2.58. The van der Waals surface area contributed by atoms with Crippen LogP contribution in [0.25, 0.3) is 0 Å². The number of hydrogen-bond donors (Lipinski definition) is 2. The average Bonchev–Trinajstić information content (AvgIpc) is 2.02. The molecule has 0 aromatic carbocycles. The van der Waals surface area contributed by atoms with Crippen LogP contribution >= 0.6 is 0 Å². The van der Waals surface area contributed by atoms with Gasteiger partial charge in [-0.1, -0.05) is 20.8 Å². The second-order valence-electron chi connectivity index (χ2n) is 3.66. The lowest BCUT2D eigenvalue weighted by Crippen LogP contribution is -2.22. The fourth-order valence-electron chi connectivity index (χ4n) is 1.07. The van der Waals surface area contributed by atoms with E-state index in [2.05, 4.69) is 31.4 Å². The molecular weight excluding hydrogens is 148 g/mol. The first-order valence-corrected chi connectivity index (χ1v) is 5.18. The minimum Gasteiger partial charge on any atom is -0.317 e. The molecule has 0 amide bonds. The van der Waals surface area contributed by atoms with Crippen LogP contribution in [-0.4, -0.2) is 26.2 Å². The lowest BCUT2D eigenvalue weighted by atomic mass is 10.2. The van der Waals surface area contributed by atoms with Crippen LogP contribution in [0.1, 0.15) is 33.6 Å². The predicted octanol–water partition coefficient (Wildman–Crippen LogP) is 1.62. The molecule has 74 valence electrons. The summed E-state index contributed by atoms with van der Waals surface area (Å²) in [5.41, 5.74) is 0. The lowest BCUT2D eigenvalue weighted by Gasteiger charge is -2.06. The maximum atomic E-state index is 3.43. The van der Waals surface area contributed by atoms with E-state index in [4.69, 9.17) is 0 Å². The highest BCUT2D eigenvalue weighted by Gasteiger charge is 1.91. The lowest BCUT2D eigenvalue weighted by molar-refractivity contribution is 0.528. The van der Waals surface area contributed by atoms with Crippen LogP contribution in [0.2, 0.25) is 0 Å². The van der Waals surface area contributed by atoms with E-state index in [1.54, 1.807) is 0 Å². The molecule has 0 heterocycles. The summed E-state index contributed by atoms with van der Waals surface area (Å²) in [7, 11) is 0. The first-order valence-electron chi connectivity index (χ1n) is 5.18. The molecule has 2 nitrogen and oxygen atoms in total. The summed E-state index contributed by atoms with van der Waals surface area (Å²) in [6.45, 7) is 11.2. The minimum absolute atomic E-state index is 0.777. The Hall–Kier alpha value is -0.0800. The zero-order chi connectivity index (χ0) is 9.23. The van der Waals surface area contributed by atoms with E-state index in [-0.39, 0.29) is 0 Å². The summed E-state index contributed by atoms with van der Waals surface area (Å²) in [6, 6.07) is 0. The van der Waals surface area contributed by atoms with Crippen molar-refractivity contribution in [3.63, 3.8) is 0 Å². The molecule has 0 aromatic heterocycles. The maximum absolute atomic E-state index is 3.43. The van der Waals surface area contributed by atoms with Gasteiger partial charge in [-0.05, 0) is 44.9 Å². The third-order valence-corrected chi connectivity index (χ3v) is 1.76. The maximum Gasteiger partial charge on any atom is -0.00258 e. The Morgan fingerprint density at radius 1 is 1.00 bits per heavy atom.